The Morgan fingerprint density at radius 1 is 1.60 bits per heavy atom. The van der Waals surface area contributed by atoms with Crippen molar-refractivity contribution >= 4 is 17.7 Å². The summed E-state index contributed by atoms with van der Waals surface area (Å²) in [6.45, 7) is 2.01. The zero-order chi connectivity index (χ0) is 11.3. The minimum atomic E-state index is 0.0131. The Morgan fingerprint density at radius 2 is 2.33 bits per heavy atom. The van der Waals surface area contributed by atoms with E-state index < -0.39 is 0 Å². The van der Waals surface area contributed by atoms with Crippen molar-refractivity contribution in [1.82, 2.24) is 5.32 Å². The van der Waals surface area contributed by atoms with Crippen molar-refractivity contribution in [1.29, 1.82) is 0 Å². The van der Waals surface area contributed by atoms with Gasteiger partial charge in [0.2, 0.25) is 5.91 Å². The van der Waals surface area contributed by atoms with Crippen molar-refractivity contribution in [3.05, 3.63) is 0 Å². The number of thioether (sulfide) groups is 1. The number of rotatable bonds is 5. The number of hydrogen-bond donors (Lipinski definition) is 2. The van der Waals surface area contributed by atoms with E-state index in [2.05, 4.69) is 11.6 Å². The summed E-state index contributed by atoms with van der Waals surface area (Å²) < 4.78 is 0. The first-order valence-corrected chi connectivity index (χ1v) is 7.03. The smallest absolute Gasteiger partial charge is 0.221 e. The first kappa shape index (κ1) is 12.8. The van der Waals surface area contributed by atoms with Crippen LogP contribution in [0.5, 0.6) is 0 Å². The van der Waals surface area contributed by atoms with Gasteiger partial charge in [0.1, 0.15) is 0 Å². The third kappa shape index (κ3) is 4.03. The molecule has 3 N–H and O–H groups in total. The van der Waals surface area contributed by atoms with Crippen LogP contribution in [-0.4, -0.2) is 29.5 Å². The van der Waals surface area contributed by atoms with Crippen LogP contribution in [0.4, 0.5) is 0 Å². The van der Waals surface area contributed by atoms with Crippen LogP contribution in [0, 0.1) is 0 Å². The Kier molecular flexibility index (Phi) is 5.47. The first-order valence-electron chi connectivity index (χ1n) is 5.75. The molecular weight excluding hydrogens is 208 g/mol. The van der Waals surface area contributed by atoms with Gasteiger partial charge in [-0.2, -0.15) is 11.8 Å². The lowest BCUT2D eigenvalue weighted by Gasteiger charge is -2.20. The molecule has 0 aromatic rings. The molecule has 3 atom stereocenters. The van der Waals surface area contributed by atoms with Crippen molar-refractivity contribution in [2.24, 2.45) is 5.73 Å². The van der Waals surface area contributed by atoms with Gasteiger partial charge in [0.25, 0.3) is 0 Å². The minimum absolute atomic E-state index is 0.0131. The van der Waals surface area contributed by atoms with E-state index in [4.69, 9.17) is 5.73 Å². The van der Waals surface area contributed by atoms with E-state index in [1.54, 1.807) is 0 Å². The highest BCUT2D eigenvalue weighted by Gasteiger charge is 2.27. The standard InChI is InChI=1S/C11H22N2OS/c1-3-8(12)7-11(14)13-9-5-4-6-10(9)15-2/h8-10H,3-7,12H2,1-2H3,(H,13,14). The summed E-state index contributed by atoms with van der Waals surface area (Å²) >= 11 is 1.86. The van der Waals surface area contributed by atoms with Gasteiger partial charge in [0.15, 0.2) is 0 Å². The number of amides is 1. The maximum atomic E-state index is 11.6. The van der Waals surface area contributed by atoms with Gasteiger partial charge < -0.3 is 11.1 Å². The SMILES string of the molecule is CCC(N)CC(=O)NC1CCCC1SC. The average Bonchev–Trinajstić information content (AvgIpc) is 2.64. The van der Waals surface area contributed by atoms with Gasteiger partial charge in [0.05, 0.1) is 0 Å². The molecule has 1 amide bonds. The fourth-order valence-corrected chi connectivity index (χ4v) is 2.96. The fraction of sp³-hybridized carbons (Fsp3) is 0.909. The van der Waals surface area contributed by atoms with Crippen LogP contribution in [0.3, 0.4) is 0 Å². The molecule has 0 aromatic carbocycles. The van der Waals surface area contributed by atoms with Crippen LogP contribution in [-0.2, 0) is 4.79 Å². The van der Waals surface area contributed by atoms with E-state index in [-0.39, 0.29) is 11.9 Å². The molecule has 1 aliphatic carbocycles. The quantitative estimate of drug-likeness (QED) is 0.753. The second-order valence-corrected chi connectivity index (χ2v) is 5.33. The summed E-state index contributed by atoms with van der Waals surface area (Å²) in [7, 11) is 0. The Balaban J connectivity index is 2.30. The molecule has 3 unspecified atom stereocenters. The van der Waals surface area contributed by atoms with Gasteiger partial charge in [-0.05, 0) is 25.5 Å². The van der Waals surface area contributed by atoms with Gasteiger partial charge in [-0.3, -0.25) is 4.79 Å². The van der Waals surface area contributed by atoms with E-state index in [9.17, 15) is 4.79 Å². The highest BCUT2D eigenvalue weighted by molar-refractivity contribution is 7.99. The predicted octanol–water partition coefficient (Wildman–Crippen LogP) is 1.51. The molecule has 0 radical (unpaired) electrons. The molecule has 15 heavy (non-hydrogen) atoms. The second-order valence-electron chi connectivity index (χ2n) is 4.25. The van der Waals surface area contributed by atoms with Gasteiger partial charge in [0, 0.05) is 23.8 Å². The third-order valence-corrected chi connectivity index (χ3v) is 4.24. The highest BCUT2D eigenvalue weighted by atomic mass is 32.2. The van der Waals surface area contributed by atoms with E-state index in [0.717, 1.165) is 12.8 Å². The van der Waals surface area contributed by atoms with Gasteiger partial charge in [-0.25, -0.2) is 0 Å². The molecular formula is C11H22N2OS. The van der Waals surface area contributed by atoms with Gasteiger partial charge in [-0.15, -0.1) is 0 Å². The molecule has 0 bridgehead atoms. The molecule has 1 fully saturated rings. The van der Waals surface area contributed by atoms with Gasteiger partial charge in [-0.1, -0.05) is 13.3 Å². The van der Waals surface area contributed by atoms with E-state index >= 15 is 0 Å². The van der Waals surface area contributed by atoms with Crippen molar-refractivity contribution in [3.63, 3.8) is 0 Å². The minimum Gasteiger partial charge on any atom is -0.352 e. The lowest BCUT2D eigenvalue weighted by Crippen LogP contribution is -2.41. The Labute approximate surface area is 96.6 Å². The van der Waals surface area contributed by atoms with Gasteiger partial charge >= 0.3 is 0 Å². The second kappa shape index (κ2) is 6.38. The molecule has 0 heterocycles. The summed E-state index contributed by atoms with van der Waals surface area (Å²) in [5.41, 5.74) is 5.75. The van der Waals surface area contributed by atoms with Crippen LogP contribution >= 0.6 is 11.8 Å². The maximum Gasteiger partial charge on any atom is 0.221 e. The molecule has 0 spiro atoms. The van der Waals surface area contributed by atoms with Crippen molar-refractivity contribution in [2.75, 3.05) is 6.26 Å². The number of carbonyl (C=O) groups is 1. The zero-order valence-corrected chi connectivity index (χ0v) is 10.5. The molecule has 1 rings (SSSR count). The molecule has 0 aromatic heterocycles. The number of nitrogens with two attached hydrogens (primary N) is 1. The van der Waals surface area contributed by atoms with Crippen LogP contribution < -0.4 is 11.1 Å². The molecule has 0 saturated heterocycles. The molecule has 1 aliphatic rings. The lowest BCUT2D eigenvalue weighted by molar-refractivity contribution is -0.122. The third-order valence-electron chi connectivity index (χ3n) is 3.07. The topological polar surface area (TPSA) is 55.1 Å². The monoisotopic (exact) mass is 230 g/mol. The highest BCUT2D eigenvalue weighted by Crippen LogP contribution is 2.28. The Morgan fingerprint density at radius 3 is 2.93 bits per heavy atom. The average molecular weight is 230 g/mol. The number of carbonyl (C=O) groups excluding carboxylic acids is 1. The number of hydrogen-bond acceptors (Lipinski definition) is 3. The van der Waals surface area contributed by atoms with Crippen LogP contribution in [0.2, 0.25) is 0 Å². The normalized spacial score (nSPS) is 27.7. The Bertz CT molecular complexity index is 211. The zero-order valence-electron chi connectivity index (χ0n) is 9.66. The van der Waals surface area contributed by atoms with E-state index in [0.29, 0.717) is 17.7 Å². The first-order chi connectivity index (χ1) is 7.17. The summed E-state index contributed by atoms with van der Waals surface area (Å²) in [5, 5.41) is 3.71. The molecule has 88 valence electrons. The fourth-order valence-electron chi connectivity index (χ4n) is 2.02. The largest absolute Gasteiger partial charge is 0.352 e. The van der Waals surface area contributed by atoms with Crippen LogP contribution in [0.1, 0.15) is 39.0 Å². The molecule has 4 heteroatoms. The van der Waals surface area contributed by atoms with Crippen LogP contribution in [0.15, 0.2) is 0 Å². The predicted molar refractivity (Wildman–Crippen MR) is 66.0 cm³/mol. The van der Waals surface area contributed by atoms with Crippen LogP contribution in [0.25, 0.3) is 0 Å². The van der Waals surface area contributed by atoms with Crippen molar-refractivity contribution in [3.8, 4) is 0 Å². The summed E-state index contributed by atoms with van der Waals surface area (Å²) in [5.74, 6) is 0.121. The number of nitrogens with one attached hydrogen (secondary N) is 1. The molecule has 3 nitrogen and oxygen atoms in total. The Hall–Kier alpha value is -0.220. The van der Waals surface area contributed by atoms with Crippen molar-refractivity contribution in [2.45, 2.75) is 56.4 Å². The van der Waals surface area contributed by atoms with E-state index in [1.807, 2.05) is 18.7 Å². The maximum absolute atomic E-state index is 11.6. The summed E-state index contributed by atoms with van der Waals surface area (Å²) in [6, 6.07) is 0.385. The summed E-state index contributed by atoms with van der Waals surface area (Å²) in [4.78, 5) is 11.6. The lowest BCUT2D eigenvalue weighted by atomic mass is 10.1. The molecule has 1 saturated carbocycles. The molecule has 0 aliphatic heterocycles. The van der Waals surface area contributed by atoms with E-state index in [1.165, 1.54) is 12.8 Å². The summed E-state index contributed by atoms with van der Waals surface area (Å²) in [6.07, 6.45) is 7.03. The van der Waals surface area contributed by atoms with Crippen molar-refractivity contribution < 1.29 is 4.79 Å².